The lowest BCUT2D eigenvalue weighted by atomic mass is 10.2. The number of methoxy groups -OCH3 is 1. The van der Waals surface area contributed by atoms with Gasteiger partial charge < -0.3 is 10.1 Å². The SMILES string of the molecule is COc1ccccc1NC(=O)C(C)N1CCN(S(=O)(=O)c2cc(C)ccc2C)CC1. The second-order valence-corrected chi connectivity index (χ2v) is 9.48. The predicted octanol–water partition coefficient (Wildman–Crippen LogP) is 2.65. The van der Waals surface area contributed by atoms with E-state index in [2.05, 4.69) is 5.32 Å². The van der Waals surface area contributed by atoms with Gasteiger partial charge in [-0.25, -0.2) is 8.42 Å². The van der Waals surface area contributed by atoms with Crippen LogP contribution in [0.15, 0.2) is 47.4 Å². The van der Waals surface area contributed by atoms with E-state index in [1.54, 1.807) is 25.3 Å². The van der Waals surface area contributed by atoms with Crippen LogP contribution in [0.2, 0.25) is 0 Å². The molecule has 7 nitrogen and oxygen atoms in total. The number of benzene rings is 2. The van der Waals surface area contributed by atoms with Crippen LogP contribution < -0.4 is 10.1 Å². The van der Waals surface area contributed by atoms with Crippen molar-refractivity contribution in [3.63, 3.8) is 0 Å². The maximum absolute atomic E-state index is 13.1. The zero-order valence-electron chi connectivity index (χ0n) is 17.9. The van der Waals surface area contributed by atoms with E-state index in [0.29, 0.717) is 42.5 Å². The van der Waals surface area contributed by atoms with E-state index in [1.165, 1.54) is 4.31 Å². The molecule has 0 spiro atoms. The molecule has 2 aromatic carbocycles. The Balaban J connectivity index is 1.64. The van der Waals surface area contributed by atoms with Crippen LogP contribution in [0.25, 0.3) is 0 Å². The van der Waals surface area contributed by atoms with Crippen molar-refractivity contribution in [3.8, 4) is 5.75 Å². The topological polar surface area (TPSA) is 79.0 Å². The fourth-order valence-electron chi connectivity index (χ4n) is 3.61. The monoisotopic (exact) mass is 431 g/mol. The van der Waals surface area contributed by atoms with Crippen LogP contribution in [-0.2, 0) is 14.8 Å². The summed E-state index contributed by atoms with van der Waals surface area (Å²) >= 11 is 0. The number of nitrogens with one attached hydrogen (secondary N) is 1. The Kier molecular flexibility index (Phi) is 6.80. The zero-order valence-corrected chi connectivity index (χ0v) is 18.7. The normalized spacial score (nSPS) is 16.8. The van der Waals surface area contributed by atoms with Crippen molar-refractivity contribution in [2.45, 2.75) is 31.7 Å². The molecule has 30 heavy (non-hydrogen) atoms. The molecule has 8 heteroatoms. The number of ether oxygens (including phenoxy) is 1. The van der Waals surface area contributed by atoms with Gasteiger partial charge in [0.25, 0.3) is 0 Å². The number of sulfonamides is 1. The van der Waals surface area contributed by atoms with E-state index in [0.717, 1.165) is 11.1 Å². The number of hydrogen-bond acceptors (Lipinski definition) is 5. The van der Waals surface area contributed by atoms with E-state index in [1.807, 2.05) is 49.9 Å². The highest BCUT2D eigenvalue weighted by molar-refractivity contribution is 7.89. The Hall–Kier alpha value is -2.42. The van der Waals surface area contributed by atoms with Gasteiger partial charge in [0.2, 0.25) is 15.9 Å². The minimum atomic E-state index is -3.55. The number of para-hydroxylation sites is 2. The van der Waals surface area contributed by atoms with Gasteiger partial charge in [0.15, 0.2) is 0 Å². The molecule has 1 unspecified atom stereocenters. The van der Waals surface area contributed by atoms with Crippen LogP contribution in [0.5, 0.6) is 5.75 Å². The van der Waals surface area contributed by atoms with Crippen molar-refractivity contribution in [3.05, 3.63) is 53.6 Å². The highest BCUT2D eigenvalue weighted by atomic mass is 32.2. The molecule has 0 radical (unpaired) electrons. The Morgan fingerprint density at radius 1 is 1.07 bits per heavy atom. The third kappa shape index (κ3) is 4.66. The first-order valence-corrected chi connectivity index (χ1v) is 11.4. The summed E-state index contributed by atoms with van der Waals surface area (Å²) in [4.78, 5) is 15.1. The first kappa shape index (κ1) is 22.3. The number of aryl methyl sites for hydroxylation is 2. The molecule has 0 bridgehead atoms. The second kappa shape index (κ2) is 9.16. The fraction of sp³-hybridized carbons (Fsp3) is 0.409. The number of piperazine rings is 1. The van der Waals surface area contributed by atoms with Crippen LogP contribution in [0, 0.1) is 13.8 Å². The quantitative estimate of drug-likeness (QED) is 0.761. The van der Waals surface area contributed by atoms with Crippen LogP contribution in [0.1, 0.15) is 18.1 Å². The van der Waals surface area contributed by atoms with Crippen LogP contribution in [0.4, 0.5) is 5.69 Å². The van der Waals surface area contributed by atoms with Crippen molar-refractivity contribution in [1.29, 1.82) is 0 Å². The smallest absolute Gasteiger partial charge is 0.243 e. The van der Waals surface area contributed by atoms with Gasteiger partial charge in [0.1, 0.15) is 5.75 Å². The van der Waals surface area contributed by atoms with Gasteiger partial charge in [-0.2, -0.15) is 4.31 Å². The van der Waals surface area contributed by atoms with Crippen LogP contribution in [-0.4, -0.2) is 62.9 Å². The number of carbonyl (C=O) groups is 1. The number of nitrogens with zero attached hydrogens (tertiary/aromatic N) is 2. The van der Waals surface area contributed by atoms with E-state index < -0.39 is 10.0 Å². The molecule has 1 heterocycles. The largest absolute Gasteiger partial charge is 0.495 e. The highest BCUT2D eigenvalue weighted by Crippen LogP contribution is 2.25. The lowest BCUT2D eigenvalue weighted by molar-refractivity contribution is -0.121. The molecule has 0 aliphatic carbocycles. The maximum atomic E-state index is 13.1. The number of hydrogen-bond donors (Lipinski definition) is 1. The molecule has 1 saturated heterocycles. The second-order valence-electron chi connectivity index (χ2n) is 7.57. The Morgan fingerprint density at radius 2 is 1.73 bits per heavy atom. The van der Waals surface area contributed by atoms with Crippen molar-refractivity contribution in [2.24, 2.45) is 0 Å². The van der Waals surface area contributed by atoms with Gasteiger partial charge in [-0.1, -0.05) is 24.3 Å². The summed E-state index contributed by atoms with van der Waals surface area (Å²) in [6.45, 7) is 7.21. The summed E-state index contributed by atoms with van der Waals surface area (Å²) in [5.74, 6) is 0.452. The molecule has 3 rings (SSSR count). The van der Waals surface area contributed by atoms with E-state index >= 15 is 0 Å². The lowest BCUT2D eigenvalue weighted by Crippen LogP contribution is -2.54. The number of carbonyl (C=O) groups excluding carboxylic acids is 1. The zero-order chi connectivity index (χ0) is 21.9. The average Bonchev–Trinajstić information content (AvgIpc) is 2.75. The molecule has 1 amide bonds. The lowest BCUT2D eigenvalue weighted by Gasteiger charge is -2.37. The van der Waals surface area contributed by atoms with Crippen molar-refractivity contribution in [1.82, 2.24) is 9.21 Å². The van der Waals surface area contributed by atoms with Gasteiger partial charge >= 0.3 is 0 Å². The molecule has 1 fully saturated rings. The third-order valence-electron chi connectivity index (χ3n) is 5.53. The molecule has 1 aliphatic heterocycles. The molecule has 162 valence electrons. The van der Waals surface area contributed by atoms with Crippen LogP contribution >= 0.6 is 0 Å². The number of amides is 1. The van der Waals surface area contributed by atoms with Gasteiger partial charge in [-0.3, -0.25) is 9.69 Å². The van der Waals surface area contributed by atoms with E-state index in [4.69, 9.17) is 4.74 Å². The molecular weight excluding hydrogens is 402 g/mol. The molecular formula is C22H29N3O4S. The van der Waals surface area contributed by atoms with Gasteiger partial charge in [0.05, 0.1) is 23.7 Å². The Morgan fingerprint density at radius 3 is 2.40 bits per heavy atom. The minimum Gasteiger partial charge on any atom is -0.495 e. The molecule has 0 aromatic heterocycles. The predicted molar refractivity (Wildman–Crippen MR) is 117 cm³/mol. The van der Waals surface area contributed by atoms with Gasteiger partial charge in [-0.15, -0.1) is 0 Å². The average molecular weight is 432 g/mol. The first-order chi connectivity index (χ1) is 14.2. The first-order valence-electron chi connectivity index (χ1n) is 9.99. The van der Waals surface area contributed by atoms with Gasteiger partial charge in [-0.05, 0) is 50.1 Å². The molecule has 2 aromatic rings. The summed E-state index contributed by atoms with van der Waals surface area (Å²) in [6.07, 6.45) is 0. The van der Waals surface area contributed by atoms with Crippen molar-refractivity contribution < 1.29 is 17.9 Å². The highest BCUT2D eigenvalue weighted by Gasteiger charge is 2.32. The van der Waals surface area contributed by atoms with Crippen molar-refractivity contribution >= 4 is 21.6 Å². The number of anilines is 1. The Labute approximate surface area is 178 Å². The fourth-order valence-corrected chi connectivity index (χ4v) is 5.34. The molecule has 1 aliphatic rings. The summed E-state index contributed by atoms with van der Waals surface area (Å²) < 4.78 is 33.0. The number of rotatable bonds is 6. The third-order valence-corrected chi connectivity index (χ3v) is 7.57. The van der Waals surface area contributed by atoms with Crippen LogP contribution in [0.3, 0.4) is 0 Å². The maximum Gasteiger partial charge on any atom is 0.243 e. The van der Waals surface area contributed by atoms with E-state index in [9.17, 15) is 13.2 Å². The minimum absolute atomic E-state index is 0.148. The van der Waals surface area contributed by atoms with Crippen molar-refractivity contribution in [2.75, 3.05) is 38.6 Å². The van der Waals surface area contributed by atoms with Gasteiger partial charge in [0, 0.05) is 26.2 Å². The molecule has 0 saturated carbocycles. The molecule has 1 atom stereocenters. The standard InChI is InChI=1S/C22H29N3O4S/c1-16-9-10-17(2)21(15-16)30(27,28)25-13-11-24(12-14-25)18(3)22(26)23-19-7-5-6-8-20(19)29-4/h5-10,15,18H,11-14H2,1-4H3,(H,23,26). The summed E-state index contributed by atoms with van der Waals surface area (Å²) in [5, 5.41) is 2.90. The Bertz CT molecular complexity index is 1010. The summed E-state index contributed by atoms with van der Waals surface area (Å²) in [5.41, 5.74) is 2.28. The van der Waals surface area contributed by atoms with E-state index in [-0.39, 0.29) is 11.9 Å². The summed E-state index contributed by atoms with van der Waals surface area (Å²) in [6, 6.07) is 12.3. The summed E-state index contributed by atoms with van der Waals surface area (Å²) in [7, 11) is -1.99. The molecule has 1 N–H and O–H groups in total.